The van der Waals surface area contributed by atoms with Crippen LogP contribution in [-0.4, -0.2) is 22.2 Å². The van der Waals surface area contributed by atoms with Gasteiger partial charge in [-0.2, -0.15) is 5.10 Å². The van der Waals surface area contributed by atoms with Gasteiger partial charge in [-0.15, -0.1) is 12.4 Å². The van der Waals surface area contributed by atoms with E-state index in [4.69, 9.17) is 5.73 Å². The topological polar surface area (TPSA) is 72.9 Å². The van der Waals surface area contributed by atoms with Crippen LogP contribution >= 0.6 is 12.4 Å². The minimum atomic E-state index is 0. The molecular weight excluding hydrogens is 252 g/mol. The molecule has 0 aliphatic heterocycles. The number of nitrogens with two attached hydrogens (primary N) is 1. The first-order valence-electron chi connectivity index (χ1n) is 6.13. The smallest absolute Gasteiger partial charge is 0.227 e. The molecule has 0 radical (unpaired) electrons. The lowest BCUT2D eigenvalue weighted by Gasteiger charge is -2.17. The summed E-state index contributed by atoms with van der Waals surface area (Å²) >= 11 is 0. The van der Waals surface area contributed by atoms with Gasteiger partial charge >= 0.3 is 0 Å². The maximum absolute atomic E-state index is 12.1. The Morgan fingerprint density at radius 1 is 1.61 bits per heavy atom. The molecule has 1 aliphatic carbocycles. The van der Waals surface area contributed by atoms with Gasteiger partial charge in [-0.1, -0.05) is 6.42 Å². The van der Waals surface area contributed by atoms with Crippen LogP contribution in [0.15, 0.2) is 6.20 Å². The van der Waals surface area contributed by atoms with Gasteiger partial charge in [-0.05, 0) is 32.2 Å². The third-order valence-corrected chi connectivity index (χ3v) is 3.79. The van der Waals surface area contributed by atoms with Crippen LogP contribution in [-0.2, 0) is 11.8 Å². The molecule has 2 atom stereocenters. The summed E-state index contributed by atoms with van der Waals surface area (Å²) in [6, 6.07) is 0. The first-order valence-corrected chi connectivity index (χ1v) is 6.13. The summed E-state index contributed by atoms with van der Waals surface area (Å²) in [5.41, 5.74) is 7.47. The van der Waals surface area contributed by atoms with E-state index in [1.807, 2.05) is 14.0 Å². The SMILES string of the molecule is Cc1c(NC(=O)[C@@H]2CCC[C@@H]2CN)cnn1C.Cl. The molecular formula is C12H21ClN4O. The maximum Gasteiger partial charge on any atom is 0.227 e. The fourth-order valence-corrected chi connectivity index (χ4v) is 2.51. The summed E-state index contributed by atoms with van der Waals surface area (Å²) in [6.07, 6.45) is 4.82. The van der Waals surface area contributed by atoms with Crippen LogP contribution in [0.4, 0.5) is 5.69 Å². The number of nitrogens with one attached hydrogen (secondary N) is 1. The molecule has 0 bridgehead atoms. The van der Waals surface area contributed by atoms with E-state index in [2.05, 4.69) is 10.4 Å². The highest BCUT2D eigenvalue weighted by Crippen LogP contribution is 2.32. The molecule has 1 heterocycles. The van der Waals surface area contributed by atoms with Crippen molar-refractivity contribution in [3.63, 3.8) is 0 Å². The van der Waals surface area contributed by atoms with Crippen molar-refractivity contribution >= 4 is 24.0 Å². The van der Waals surface area contributed by atoms with Crippen molar-refractivity contribution in [1.82, 2.24) is 9.78 Å². The number of hydrogen-bond donors (Lipinski definition) is 2. The second kappa shape index (κ2) is 6.20. The predicted octanol–water partition coefficient (Wildman–Crippen LogP) is 1.46. The Morgan fingerprint density at radius 2 is 2.33 bits per heavy atom. The van der Waals surface area contributed by atoms with Crippen LogP contribution in [0.3, 0.4) is 0 Å². The molecule has 102 valence electrons. The molecule has 1 aromatic rings. The summed E-state index contributed by atoms with van der Waals surface area (Å²) in [4.78, 5) is 12.1. The average molecular weight is 273 g/mol. The zero-order valence-electron chi connectivity index (χ0n) is 10.8. The van der Waals surface area contributed by atoms with Gasteiger partial charge in [0.15, 0.2) is 0 Å². The van der Waals surface area contributed by atoms with Gasteiger partial charge in [0.05, 0.1) is 17.6 Å². The quantitative estimate of drug-likeness (QED) is 0.875. The van der Waals surface area contributed by atoms with Crippen LogP contribution in [0, 0.1) is 18.8 Å². The number of hydrogen-bond acceptors (Lipinski definition) is 3. The number of aromatic nitrogens is 2. The lowest BCUT2D eigenvalue weighted by Crippen LogP contribution is -2.29. The summed E-state index contributed by atoms with van der Waals surface area (Å²) < 4.78 is 1.75. The van der Waals surface area contributed by atoms with Crippen molar-refractivity contribution in [1.29, 1.82) is 0 Å². The highest BCUT2D eigenvalue weighted by molar-refractivity contribution is 5.93. The van der Waals surface area contributed by atoms with Crippen molar-refractivity contribution in [2.75, 3.05) is 11.9 Å². The number of nitrogens with zero attached hydrogens (tertiary/aromatic N) is 2. The third kappa shape index (κ3) is 2.84. The molecule has 6 heteroatoms. The van der Waals surface area contributed by atoms with Gasteiger partial charge in [-0.25, -0.2) is 0 Å². The largest absolute Gasteiger partial charge is 0.330 e. The van der Waals surface area contributed by atoms with Crippen LogP contribution < -0.4 is 11.1 Å². The van der Waals surface area contributed by atoms with Gasteiger partial charge in [-0.3, -0.25) is 9.48 Å². The molecule has 5 nitrogen and oxygen atoms in total. The molecule has 1 fully saturated rings. The Labute approximate surface area is 114 Å². The lowest BCUT2D eigenvalue weighted by atomic mass is 9.95. The lowest BCUT2D eigenvalue weighted by molar-refractivity contribution is -0.120. The van der Waals surface area contributed by atoms with E-state index in [1.54, 1.807) is 10.9 Å². The first kappa shape index (κ1) is 15.0. The monoisotopic (exact) mass is 272 g/mol. The number of aryl methyl sites for hydroxylation is 1. The molecule has 0 aromatic carbocycles. The predicted molar refractivity (Wildman–Crippen MR) is 73.7 cm³/mol. The molecule has 3 N–H and O–H groups in total. The van der Waals surface area contributed by atoms with Gasteiger partial charge < -0.3 is 11.1 Å². The normalized spacial score (nSPS) is 22.6. The Morgan fingerprint density at radius 3 is 2.89 bits per heavy atom. The van der Waals surface area contributed by atoms with E-state index in [-0.39, 0.29) is 24.2 Å². The molecule has 2 rings (SSSR count). The standard InChI is InChI=1S/C12H20N4O.ClH/c1-8-11(7-14-16(8)2)15-12(17)10-5-3-4-9(10)6-13;/h7,9-10H,3-6,13H2,1-2H3,(H,15,17);1H/t9-,10-;/m1./s1. The van der Waals surface area contributed by atoms with E-state index >= 15 is 0 Å². The van der Waals surface area contributed by atoms with Crippen LogP contribution in [0.1, 0.15) is 25.0 Å². The summed E-state index contributed by atoms with van der Waals surface area (Å²) in [6.45, 7) is 2.54. The molecule has 1 aromatic heterocycles. The minimum Gasteiger partial charge on any atom is -0.330 e. The molecule has 0 spiro atoms. The summed E-state index contributed by atoms with van der Waals surface area (Å²) in [5, 5.41) is 7.07. The number of rotatable bonds is 3. The Bertz CT molecular complexity index is 418. The molecule has 1 aliphatic rings. The van der Waals surface area contributed by atoms with E-state index in [9.17, 15) is 4.79 Å². The number of carbonyl (C=O) groups excluding carboxylic acids is 1. The van der Waals surface area contributed by atoms with Crippen LogP contribution in [0.2, 0.25) is 0 Å². The van der Waals surface area contributed by atoms with E-state index in [1.165, 1.54) is 0 Å². The minimum absolute atomic E-state index is 0. The number of anilines is 1. The third-order valence-electron chi connectivity index (χ3n) is 3.79. The zero-order chi connectivity index (χ0) is 12.4. The van der Waals surface area contributed by atoms with Gasteiger partial charge in [0, 0.05) is 13.0 Å². The second-order valence-electron chi connectivity index (χ2n) is 4.79. The maximum atomic E-state index is 12.1. The van der Waals surface area contributed by atoms with E-state index < -0.39 is 0 Å². The van der Waals surface area contributed by atoms with Gasteiger partial charge in [0.25, 0.3) is 0 Å². The summed E-state index contributed by atoms with van der Waals surface area (Å²) in [5.74, 6) is 0.501. The van der Waals surface area contributed by atoms with Crippen LogP contribution in [0.5, 0.6) is 0 Å². The average Bonchev–Trinajstić information content (AvgIpc) is 2.90. The van der Waals surface area contributed by atoms with Crippen molar-refractivity contribution in [3.8, 4) is 0 Å². The van der Waals surface area contributed by atoms with E-state index in [0.29, 0.717) is 12.5 Å². The van der Waals surface area contributed by atoms with Crippen molar-refractivity contribution in [2.45, 2.75) is 26.2 Å². The summed E-state index contributed by atoms with van der Waals surface area (Å²) in [7, 11) is 1.86. The Hall–Kier alpha value is -1.07. The van der Waals surface area contributed by atoms with Crippen molar-refractivity contribution in [3.05, 3.63) is 11.9 Å². The van der Waals surface area contributed by atoms with Gasteiger partial charge in [0.1, 0.15) is 0 Å². The highest BCUT2D eigenvalue weighted by Gasteiger charge is 2.32. The number of carbonyl (C=O) groups is 1. The number of halogens is 1. The van der Waals surface area contributed by atoms with E-state index in [0.717, 1.165) is 30.6 Å². The Kier molecular flexibility index (Phi) is 5.16. The van der Waals surface area contributed by atoms with Crippen molar-refractivity contribution < 1.29 is 4.79 Å². The first-order chi connectivity index (χ1) is 8.13. The molecule has 0 saturated heterocycles. The molecule has 1 amide bonds. The van der Waals surface area contributed by atoms with Crippen LogP contribution in [0.25, 0.3) is 0 Å². The van der Waals surface area contributed by atoms with Gasteiger partial charge in [0.2, 0.25) is 5.91 Å². The molecule has 0 unspecified atom stereocenters. The number of amides is 1. The molecule has 1 saturated carbocycles. The zero-order valence-corrected chi connectivity index (χ0v) is 11.7. The second-order valence-corrected chi connectivity index (χ2v) is 4.79. The molecule has 18 heavy (non-hydrogen) atoms. The fraction of sp³-hybridized carbons (Fsp3) is 0.667. The van der Waals surface area contributed by atoms with Crippen molar-refractivity contribution in [2.24, 2.45) is 24.6 Å². The highest BCUT2D eigenvalue weighted by atomic mass is 35.5. The Balaban J connectivity index is 0.00000162. The fourth-order valence-electron chi connectivity index (χ4n) is 2.51.